The van der Waals surface area contributed by atoms with Crippen molar-refractivity contribution in [3.05, 3.63) is 76.1 Å². The molecule has 2 aromatic carbocycles. The third kappa shape index (κ3) is 3.21. The molecule has 0 fully saturated rings. The number of rotatable bonds is 3. The molecule has 8 heteroatoms. The summed E-state index contributed by atoms with van der Waals surface area (Å²) in [7, 11) is 0. The summed E-state index contributed by atoms with van der Waals surface area (Å²) in [6.07, 6.45) is 0. The van der Waals surface area contributed by atoms with E-state index in [0.29, 0.717) is 39.2 Å². The van der Waals surface area contributed by atoms with Gasteiger partial charge in [-0.25, -0.2) is 4.39 Å². The highest BCUT2D eigenvalue weighted by Crippen LogP contribution is 2.29. The summed E-state index contributed by atoms with van der Waals surface area (Å²) in [6, 6.07) is 11.7. The van der Waals surface area contributed by atoms with E-state index in [0.717, 1.165) is 0 Å². The summed E-state index contributed by atoms with van der Waals surface area (Å²) in [5, 5.41) is 8.76. The van der Waals surface area contributed by atoms with Crippen molar-refractivity contribution < 1.29 is 13.9 Å². The van der Waals surface area contributed by atoms with Gasteiger partial charge in [0.1, 0.15) is 12.4 Å². The summed E-state index contributed by atoms with van der Waals surface area (Å²) in [6.45, 7) is 1.50. The Hall–Kier alpha value is -3.06. The number of halogens is 2. The second-order valence-electron chi connectivity index (χ2n) is 5.95. The molecule has 6 nitrogen and oxygen atoms in total. The van der Waals surface area contributed by atoms with E-state index < -0.39 is 5.97 Å². The Morgan fingerprint density at radius 3 is 2.81 bits per heavy atom. The van der Waals surface area contributed by atoms with E-state index in [1.54, 1.807) is 41.0 Å². The maximum Gasteiger partial charge on any atom is 0.303 e. The van der Waals surface area contributed by atoms with Gasteiger partial charge in [0.15, 0.2) is 18.3 Å². The Balaban J connectivity index is 1.90. The number of aromatic nitrogens is 3. The lowest BCUT2D eigenvalue weighted by Gasteiger charge is -2.14. The van der Waals surface area contributed by atoms with Crippen LogP contribution in [0.3, 0.4) is 0 Å². The molecule has 0 unspecified atom stereocenters. The van der Waals surface area contributed by atoms with Crippen LogP contribution in [0.1, 0.15) is 29.7 Å². The number of nitrogens with zero attached hydrogens (tertiary/aromatic N) is 4. The number of fused-ring (bicyclic) bond motifs is 3. The van der Waals surface area contributed by atoms with Crippen molar-refractivity contribution in [3.63, 3.8) is 0 Å². The van der Waals surface area contributed by atoms with Crippen molar-refractivity contribution in [1.82, 2.24) is 14.8 Å². The van der Waals surface area contributed by atoms with Crippen LogP contribution in [0, 0.1) is 5.82 Å². The molecule has 0 saturated carbocycles. The monoisotopic (exact) mass is 384 g/mol. The van der Waals surface area contributed by atoms with Gasteiger partial charge in [-0.15, -0.1) is 10.2 Å². The molecule has 0 amide bonds. The molecule has 3 aromatic rings. The lowest BCUT2D eigenvalue weighted by Crippen LogP contribution is -2.12. The predicted octanol–water partition coefficient (Wildman–Crippen LogP) is 3.47. The predicted molar refractivity (Wildman–Crippen MR) is 97.6 cm³/mol. The van der Waals surface area contributed by atoms with E-state index in [2.05, 4.69) is 15.2 Å². The molecule has 0 N–H and O–H groups in total. The number of ether oxygens (including phenoxy) is 1. The minimum atomic E-state index is -0.416. The molecule has 27 heavy (non-hydrogen) atoms. The number of esters is 1. The van der Waals surface area contributed by atoms with E-state index in [9.17, 15) is 9.18 Å². The van der Waals surface area contributed by atoms with Gasteiger partial charge >= 0.3 is 5.97 Å². The van der Waals surface area contributed by atoms with Gasteiger partial charge in [-0.05, 0) is 30.3 Å². The summed E-state index contributed by atoms with van der Waals surface area (Å²) < 4.78 is 21.3. The van der Waals surface area contributed by atoms with Crippen LogP contribution in [0.2, 0.25) is 5.02 Å². The van der Waals surface area contributed by atoms with E-state index >= 15 is 0 Å². The van der Waals surface area contributed by atoms with E-state index in [1.165, 1.54) is 13.0 Å². The van der Waals surface area contributed by atoms with Crippen molar-refractivity contribution in [3.8, 4) is 5.69 Å². The smallest absolute Gasteiger partial charge is 0.303 e. The second kappa shape index (κ2) is 6.92. The van der Waals surface area contributed by atoms with Crippen LogP contribution in [0.4, 0.5) is 4.39 Å². The molecule has 0 radical (unpaired) electrons. The molecule has 0 saturated heterocycles. The fourth-order valence-corrected chi connectivity index (χ4v) is 3.18. The molecule has 136 valence electrons. The minimum Gasteiger partial charge on any atom is -0.458 e. The zero-order valence-electron chi connectivity index (χ0n) is 14.3. The molecule has 4 rings (SSSR count). The Kier molecular flexibility index (Phi) is 4.45. The van der Waals surface area contributed by atoms with Crippen molar-refractivity contribution in [2.75, 3.05) is 0 Å². The standard InChI is InChI=1S/C19H14ClFN4O2/c1-11(26)27-10-18-24-23-17-9-22-19(13-4-2-3-5-15(13)21)14-8-12(20)6-7-16(14)25(17)18/h2-8H,9-10H2,1H3. The first-order chi connectivity index (χ1) is 13.0. The minimum absolute atomic E-state index is 0.0283. The first-order valence-corrected chi connectivity index (χ1v) is 8.58. The quantitative estimate of drug-likeness (QED) is 0.648. The summed E-state index contributed by atoms with van der Waals surface area (Å²) in [5.74, 6) is 0.224. The number of carbonyl (C=O) groups excluding carboxylic acids is 1. The highest BCUT2D eigenvalue weighted by molar-refractivity contribution is 6.31. The Labute approximate surface area is 159 Å². The zero-order valence-corrected chi connectivity index (χ0v) is 15.1. The van der Waals surface area contributed by atoms with Crippen molar-refractivity contribution in [2.45, 2.75) is 20.1 Å². The van der Waals surface area contributed by atoms with Gasteiger partial charge in [-0.3, -0.25) is 14.4 Å². The molecule has 0 bridgehead atoms. The highest BCUT2D eigenvalue weighted by atomic mass is 35.5. The molecule has 0 aliphatic carbocycles. The lowest BCUT2D eigenvalue weighted by atomic mass is 10.00. The summed E-state index contributed by atoms with van der Waals surface area (Å²) >= 11 is 6.21. The number of benzene rings is 2. The molecular weight excluding hydrogens is 371 g/mol. The van der Waals surface area contributed by atoms with Crippen LogP contribution in [-0.4, -0.2) is 26.4 Å². The molecule has 2 heterocycles. The third-order valence-electron chi connectivity index (χ3n) is 4.16. The lowest BCUT2D eigenvalue weighted by molar-refractivity contribution is -0.142. The van der Waals surface area contributed by atoms with Crippen molar-refractivity contribution in [2.24, 2.45) is 4.99 Å². The Morgan fingerprint density at radius 1 is 1.22 bits per heavy atom. The fourth-order valence-electron chi connectivity index (χ4n) is 3.01. The average molecular weight is 385 g/mol. The fraction of sp³-hybridized carbons (Fsp3) is 0.158. The maximum atomic E-state index is 14.4. The number of aliphatic imine (C=N–C) groups is 1. The SMILES string of the molecule is CC(=O)OCc1nnc2n1-c1ccc(Cl)cc1C(c1ccccc1F)=NC2. The molecular formula is C19H14ClFN4O2. The largest absolute Gasteiger partial charge is 0.458 e. The third-order valence-corrected chi connectivity index (χ3v) is 4.40. The summed E-state index contributed by atoms with van der Waals surface area (Å²) in [5.41, 5.74) is 2.20. The molecule has 1 aliphatic heterocycles. The van der Waals surface area contributed by atoms with Gasteiger partial charge in [0.2, 0.25) is 0 Å². The van der Waals surface area contributed by atoms with Crippen molar-refractivity contribution >= 4 is 23.3 Å². The van der Waals surface area contributed by atoms with Crippen molar-refractivity contribution in [1.29, 1.82) is 0 Å². The Morgan fingerprint density at radius 2 is 2.04 bits per heavy atom. The molecule has 0 spiro atoms. The van der Waals surface area contributed by atoms with Crippen LogP contribution >= 0.6 is 11.6 Å². The van der Waals surface area contributed by atoms with Crippen LogP contribution < -0.4 is 0 Å². The number of hydrogen-bond donors (Lipinski definition) is 0. The Bertz CT molecular complexity index is 1080. The van der Waals surface area contributed by atoms with Crippen LogP contribution in [0.5, 0.6) is 0 Å². The number of carbonyl (C=O) groups is 1. The van der Waals surface area contributed by atoms with Crippen LogP contribution in [0.15, 0.2) is 47.5 Å². The summed E-state index contributed by atoms with van der Waals surface area (Å²) in [4.78, 5) is 15.8. The topological polar surface area (TPSA) is 69.4 Å². The van der Waals surface area contributed by atoms with Gasteiger partial charge in [-0.2, -0.15) is 0 Å². The van der Waals surface area contributed by atoms with E-state index in [4.69, 9.17) is 16.3 Å². The van der Waals surface area contributed by atoms with Gasteiger partial charge in [0, 0.05) is 23.1 Å². The van der Waals surface area contributed by atoms with Gasteiger partial charge in [0.05, 0.1) is 11.4 Å². The van der Waals surface area contributed by atoms with E-state index in [-0.39, 0.29) is 19.0 Å². The maximum absolute atomic E-state index is 14.4. The second-order valence-corrected chi connectivity index (χ2v) is 6.39. The van der Waals surface area contributed by atoms with Gasteiger partial charge in [-0.1, -0.05) is 23.7 Å². The zero-order chi connectivity index (χ0) is 19.0. The van der Waals surface area contributed by atoms with Crippen LogP contribution in [-0.2, 0) is 22.7 Å². The average Bonchev–Trinajstić information content (AvgIpc) is 2.97. The highest BCUT2D eigenvalue weighted by Gasteiger charge is 2.24. The van der Waals surface area contributed by atoms with Crippen LogP contribution in [0.25, 0.3) is 5.69 Å². The normalized spacial score (nSPS) is 12.6. The van der Waals surface area contributed by atoms with E-state index in [1.807, 2.05) is 0 Å². The molecule has 1 aliphatic rings. The number of hydrogen-bond acceptors (Lipinski definition) is 5. The molecule has 0 atom stereocenters. The molecule has 1 aromatic heterocycles. The first-order valence-electron chi connectivity index (χ1n) is 8.21. The van der Waals surface area contributed by atoms with Gasteiger partial charge < -0.3 is 4.74 Å². The first kappa shape index (κ1) is 17.4. The van der Waals surface area contributed by atoms with Gasteiger partial charge in [0.25, 0.3) is 0 Å².